The number of carbonyl (C=O) groups is 1. The van der Waals surface area contributed by atoms with Crippen LogP contribution in [-0.2, 0) is 0 Å². The first-order chi connectivity index (χ1) is 14.0. The molecule has 0 spiro atoms. The van der Waals surface area contributed by atoms with Crippen LogP contribution in [0.2, 0.25) is 0 Å². The second kappa shape index (κ2) is 9.67. The number of thiophene rings is 1. The van der Waals surface area contributed by atoms with Crippen LogP contribution in [0.4, 0.5) is 10.1 Å². The first kappa shape index (κ1) is 21.0. The summed E-state index contributed by atoms with van der Waals surface area (Å²) in [6, 6.07) is 7.91. The van der Waals surface area contributed by atoms with Gasteiger partial charge in [-0.25, -0.2) is 4.39 Å². The summed E-state index contributed by atoms with van der Waals surface area (Å²) in [5, 5.41) is 12.8. The second-order valence-electron chi connectivity index (χ2n) is 6.92. The zero-order valence-corrected chi connectivity index (χ0v) is 17.3. The molecular weight excluding hydrogens is 391 g/mol. The Bertz CT molecular complexity index is 877. The van der Waals surface area contributed by atoms with Gasteiger partial charge in [-0.3, -0.25) is 4.79 Å². The molecular formula is C21H25FN4O2S. The van der Waals surface area contributed by atoms with Crippen molar-refractivity contribution in [3.8, 4) is 5.75 Å². The third-order valence-corrected chi connectivity index (χ3v) is 5.78. The molecule has 3 rings (SSSR count). The van der Waals surface area contributed by atoms with Gasteiger partial charge in [0.25, 0.3) is 5.91 Å². The summed E-state index contributed by atoms with van der Waals surface area (Å²) in [4.78, 5) is 17.8. The lowest BCUT2D eigenvalue weighted by molar-refractivity contribution is 0.0697. The van der Waals surface area contributed by atoms with Gasteiger partial charge in [-0.1, -0.05) is 6.07 Å². The van der Waals surface area contributed by atoms with E-state index < -0.39 is 5.82 Å². The normalized spacial score (nSPS) is 15.8. The Hall–Kier alpha value is -2.71. The predicted molar refractivity (Wildman–Crippen MR) is 114 cm³/mol. The molecule has 0 saturated carbocycles. The molecule has 8 heteroatoms. The number of hydrogen-bond donors (Lipinski definition) is 2. The number of ether oxygens (including phenoxy) is 1. The van der Waals surface area contributed by atoms with Gasteiger partial charge in [-0.05, 0) is 50.5 Å². The molecule has 29 heavy (non-hydrogen) atoms. The molecule has 1 amide bonds. The number of methoxy groups -OCH3 is 1. The number of benzene rings is 1. The minimum atomic E-state index is -0.432. The van der Waals surface area contributed by atoms with E-state index in [2.05, 4.69) is 17.3 Å². The number of amides is 1. The number of anilines is 1. The quantitative estimate of drug-likeness (QED) is 0.669. The number of hydrogen-bond acceptors (Lipinski definition) is 6. The van der Waals surface area contributed by atoms with Crippen LogP contribution < -0.4 is 10.1 Å². The van der Waals surface area contributed by atoms with Crippen molar-refractivity contribution in [2.75, 3.05) is 32.6 Å². The molecule has 1 aromatic heterocycles. The van der Waals surface area contributed by atoms with Crippen molar-refractivity contribution in [3.63, 3.8) is 0 Å². The number of allylic oxidation sites excluding steroid dienone is 1. The molecule has 0 radical (unpaired) electrons. The number of halogens is 1. The molecule has 0 atom stereocenters. The molecule has 0 aliphatic carbocycles. The van der Waals surface area contributed by atoms with Crippen LogP contribution >= 0.6 is 11.3 Å². The summed E-state index contributed by atoms with van der Waals surface area (Å²) < 4.78 is 18.9. The zero-order chi connectivity index (χ0) is 20.8. The highest BCUT2D eigenvalue weighted by Gasteiger charge is 2.30. The van der Waals surface area contributed by atoms with Crippen molar-refractivity contribution in [3.05, 3.63) is 58.3 Å². The van der Waals surface area contributed by atoms with Gasteiger partial charge < -0.3 is 25.3 Å². The van der Waals surface area contributed by atoms with Gasteiger partial charge in [0.1, 0.15) is 11.6 Å². The largest absolute Gasteiger partial charge is 0.497 e. The van der Waals surface area contributed by atoms with E-state index in [0.717, 1.165) is 32.1 Å². The van der Waals surface area contributed by atoms with Crippen molar-refractivity contribution in [1.29, 1.82) is 5.41 Å². The third kappa shape index (κ3) is 5.21. The molecule has 154 valence electrons. The summed E-state index contributed by atoms with van der Waals surface area (Å²) in [7, 11) is 3.53. The first-order valence-electron chi connectivity index (χ1n) is 9.39. The van der Waals surface area contributed by atoms with Gasteiger partial charge in [0.05, 0.1) is 17.7 Å². The molecule has 1 aromatic carbocycles. The highest BCUT2D eigenvalue weighted by molar-refractivity contribution is 7.12. The maximum atomic E-state index is 13.8. The highest BCUT2D eigenvalue weighted by atomic mass is 32.1. The van der Waals surface area contributed by atoms with E-state index in [9.17, 15) is 9.18 Å². The summed E-state index contributed by atoms with van der Waals surface area (Å²) >= 11 is 1.38. The van der Waals surface area contributed by atoms with Crippen molar-refractivity contribution >= 4 is 29.1 Å². The van der Waals surface area contributed by atoms with Crippen LogP contribution in [0.1, 0.15) is 22.5 Å². The molecule has 1 saturated heterocycles. The van der Waals surface area contributed by atoms with E-state index in [1.807, 2.05) is 11.4 Å². The average molecular weight is 417 g/mol. The monoisotopic (exact) mass is 416 g/mol. The number of nitrogens with one attached hydrogen (secondary N) is 2. The summed E-state index contributed by atoms with van der Waals surface area (Å²) in [5.41, 5.74) is 0.911. The number of nitrogens with zero attached hydrogens (tertiary/aromatic N) is 2. The van der Waals surface area contributed by atoms with Gasteiger partial charge in [0, 0.05) is 36.3 Å². The molecule has 1 fully saturated rings. The zero-order valence-electron chi connectivity index (χ0n) is 16.5. The van der Waals surface area contributed by atoms with E-state index in [-0.39, 0.29) is 11.9 Å². The fraction of sp³-hybridized carbons (Fsp3) is 0.333. The SMILES string of the molecule is COc1cc(F)cc(N/C=C(\C=N)N(C(=O)c2cccs2)C2CCN(C)CC2)c1. The van der Waals surface area contributed by atoms with Crippen LogP contribution in [0.5, 0.6) is 5.75 Å². The Morgan fingerprint density at radius 3 is 2.76 bits per heavy atom. The minimum absolute atomic E-state index is 0.00232. The van der Waals surface area contributed by atoms with Crippen LogP contribution in [0.25, 0.3) is 0 Å². The maximum Gasteiger partial charge on any atom is 0.268 e. The van der Waals surface area contributed by atoms with E-state index in [4.69, 9.17) is 10.1 Å². The van der Waals surface area contributed by atoms with Gasteiger partial charge in [0.2, 0.25) is 0 Å². The smallest absolute Gasteiger partial charge is 0.268 e. The van der Waals surface area contributed by atoms with E-state index in [1.165, 1.54) is 30.6 Å². The van der Waals surface area contributed by atoms with Gasteiger partial charge in [-0.15, -0.1) is 11.3 Å². The molecule has 0 bridgehead atoms. The molecule has 2 heterocycles. The van der Waals surface area contributed by atoms with Crippen molar-refractivity contribution in [2.45, 2.75) is 18.9 Å². The number of rotatable bonds is 7. The van der Waals surface area contributed by atoms with Crippen molar-refractivity contribution in [1.82, 2.24) is 9.80 Å². The Kier molecular flexibility index (Phi) is 7.00. The lowest BCUT2D eigenvalue weighted by Gasteiger charge is -2.37. The van der Waals surface area contributed by atoms with Gasteiger partial charge in [0.15, 0.2) is 0 Å². The first-order valence-corrected chi connectivity index (χ1v) is 10.3. The molecule has 0 unspecified atom stereocenters. The Morgan fingerprint density at radius 1 is 1.38 bits per heavy atom. The van der Waals surface area contributed by atoms with Gasteiger partial charge >= 0.3 is 0 Å². The standard InChI is InChI=1S/C21H25FN4O2S/c1-25-7-5-17(6-8-25)26(21(27)20-4-3-9-29-20)18(13-23)14-24-16-10-15(22)11-19(12-16)28-2/h3-4,9-14,17,23-24H,5-8H2,1-2H3/b18-14+,23-13?. The Balaban J connectivity index is 1.89. The van der Waals surface area contributed by atoms with Crippen molar-refractivity contribution < 1.29 is 13.9 Å². The molecule has 2 N–H and O–H groups in total. The molecule has 2 aromatic rings. The molecule has 1 aliphatic rings. The van der Waals surface area contributed by atoms with E-state index in [1.54, 1.807) is 23.2 Å². The summed E-state index contributed by atoms with van der Waals surface area (Å²) in [5.74, 6) is -0.166. The van der Waals surface area contributed by atoms with Crippen LogP contribution in [0.3, 0.4) is 0 Å². The lowest BCUT2D eigenvalue weighted by atomic mass is 10.0. The fourth-order valence-electron chi connectivity index (χ4n) is 3.37. The van der Waals surface area contributed by atoms with Crippen LogP contribution in [-0.4, -0.2) is 55.2 Å². The second-order valence-corrected chi connectivity index (χ2v) is 7.87. The molecule has 1 aliphatic heterocycles. The highest BCUT2D eigenvalue weighted by Crippen LogP contribution is 2.25. The fourth-order valence-corrected chi connectivity index (χ4v) is 4.03. The van der Waals surface area contributed by atoms with Gasteiger partial charge in [-0.2, -0.15) is 0 Å². The lowest BCUT2D eigenvalue weighted by Crippen LogP contribution is -2.46. The Labute approximate surface area is 174 Å². The van der Waals surface area contributed by atoms with E-state index in [0.29, 0.717) is 22.0 Å². The van der Waals surface area contributed by atoms with Crippen LogP contribution in [0, 0.1) is 11.2 Å². The van der Waals surface area contributed by atoms with Crippen molar-refractivity contribution in [2.24, 2.45) is 0 Å². The topological polar surface area (TPSA) is 68.7 Å². The predicted octanol–water partition coefficient (Wildman–Crippen LogP) is 4.04. The number of carbonyl (C=O) groups excluding carboxylic acids is 1. The third-order valence-electron chi connectivity index (χ3n) is 4.92. The summed E-state index contributed by atoms with van der Waals surface area (Å²) in [6.07, 6.45) is 4.39. The number of piperidine rings is 1. The summed E-state index contributed by atoms with van der Waals surface area (Å²) in [6.45, 7) is 1.78. The van der Waals surface area contributed by atoms with Crippen LogP contribution in [0.15, 0.2) is 47.6 Å². The maximum absolute atomic E-state index is 13.8. The average Bonchev–Trinajstić information content (AvgIpc) is 3.26. The molecule has 6 nitrogen and oxygen atoms in total. The Morgan fingerprint density at radius 2 is 2.14 bits per heavy atom. The van der Waals surface area contributed by atoms with E-state index >= 15 is 0 Å². The number of likely N-dealkylation sites (tertiary alicyclic amines) is 1. The minimum Gasteiger partial charge on any atom is -0.497 e.